The van der Waals surface area contributed by atoms with Crippen molar-refractivity contribution in [3.63, 3.8) is 0 Å². The van der Waals surface area contributed by atoms with Crippen molar-refractivity contribution in [1.29, 1.82) is 0 Å². The van der Waals surface area contributed by atoms with Crippen LogP contribution in [0.5, 0.6) is 0 Å². The van der Waals surface area contributed by atoms with Crippen LogP contribution in [0.3, 0.4) is 0 Å². The quantitative estimate of drug-likeness (QED) is 0.812. The van der Waals surface area contributed by atoms with Crippen molar-refractivity contribution in [1.82, 2.24) is 5.32 Å². The molecule has 0 bridgehead atoms. The molecule has 0 aliphatic rings. The van der Waals surface area contributed by atoms with Crippen LogP contribution in [0.4, 0.5) is 0 Å². The molecule has 0 unspecified atom stereocenters. The smallest absolute Gasteiger partial charge is 0.251 e. The Labute approximate surface area is 96.5 Å². The predicted molar refractivity (Wildman–Crippen MR) is 64.0 cm³/mol. The Hall–Kier alpha value is -1.35. The van der Waals surface area contributed by atoms with Gasteiger partial charge in [0.2, 0.25) is 0 Å². The molecule has 1 rings (SSSR count). The number of nitrogens with one attached hydrogen (secondary N) is 1. The van der Waals surface area contributed by atoms with Crippen LogP contribution in [0.25, 0.3) is 0 Å². The van der Waals surface area contributed by atoms with Gasteiger partial charge in [0.05, 0.1) is 0 Å². The van der Waals surface area contributed by atoms with Crippen molar-refractivity contribution in [3.8, 4) is 0 Å². The highest BCUT2D eigenvalue weighted by molar-refractivity contribution is 5.83. The summed E-state index contributed by atoms with van der Waals surface area (Å²) in [5.74, 6) is -0.355. The van der Waals surface area contributed by atoms with Crippen LogP contribution in [-0.4, -0.2) is 16.6 Å². The maximum atomic E-state index is 11.4. The normalized spacial score (nSPS) is 11.2. The maximum Gasteiger partial charge on any atom is 0.251 e. The number of carbonyl (C=O) groups is 1. The maximum absolute atomic E-state index is 11.4. The summed E-state index contributed by atoms with van der Waals surface area (Å²) in [6.07, 6.45) is 1.01. The minimum Gasteiger partial charge on any atom is -0.381 e. The van der Waals surface area contributed by atoms with Crippen LogP contribution in [0.15, 0.2) is 24.3 Å². The van der Waals surface area contributed by atoms with Gasteiger partial charge in [-0.2, -0.15) is 0 Å². The third kappa shape index (κ3) is 3.66. The molecule has 3 heteroatoms. The van der Waals surface area contributed by atoms with Gasteiger partial charge < -0.3 is 10.4 Å². The zero-order valence-corrected chi connectivity index (χ0v) is 10.1. The first kappa shape index (κ1) is 12.7. The molecule has 0 radical (unpaired) electrons. The lowest BCUT2D eigenvalue weighted by Gasteiger charge is -2.16. The molecule has 1 aromatic carbocycles. The van der Waals surface area contributed by atoms with E-state index in [-0.39, 0.29) is 5.91 Å². The molecule has 0 atom stereocenters. The fraction of sp³-hybridized carbons (Fsp3) is 0.462. The van der Waals surface area contributed by atoms with E-state index in [1.165, 1.54) is 19.4 Å². The van der Waals surface area contributed by atoms with Crippen LogP contribution >= 0.6 is 0 Å². The number of rotatable bonds is 4. The molecule has 88 valence electrons. The highest BCUT2D eigenvalue weighted by Gasteiger charge is 2.22. The van der Waals surface area contributed by atoms with Crippen molar-refractivity contribution in [2.24, 2.45) is 0 Å². The lowest BCUT2D eigenvalue weighted by Crippen LogP contribution is -2.41. The van der Waals surface area contributed by atoms with Crippen molar-refractivity contribution in [2.75, 3.05) is 0 Å². The molecule has 0 saturated heterocycles. The Balaban J connectivity index is 2.52. The highest BCUT2D eigenvalue weighted by atomic mass is 16.3. The molecule has 0 spiro atoms. The number of carbonyl (C=O) groups excluding carboxylic acids is 1. The summed E-state index contributed by atoms with van der Waals surface area (Å²) < 4.78 is 0. The van der Waals surface area contributed by atoms with Crippen molar-refractivity contribution >= 4 is 5.91 Å². The van der Waals surface area contributed by atoms with Gasteiger partial charge >= 0.3 is 0 Å². The largest absolute Gasteiger partial charge is 0.381 e. The van der Waals surface area contributed by atoms with E-state index in [2.05, 4.69) is 12.2 Å². The fourth-order valence-electron chi connectivity index (χ4n) is 1.29. The highest BCUT2D eigenvalue weighted by Crippen LogP contribution is 2.06. The Bertz CT molecular complexity index is 349. The zero-order chi connectivity index (χ0) is 12.2. The van der Waals surface area contributed by atoms with Gasteiger partial charge in [0.15, 0.2) is 0 Å². The van der Waals surface area contributed by atoms with Gasteiger partial charge in [-0.25, -0.2) is 0 Å². The first-order chi connectivity index (χ1) is 7.43. The summed E-state index contributed by atoms with van der Waals surface area (Å²) in [5.41, 5.74) is 0.996. The van der Waals surface area contributed by atoms with E-state index in [0.29, 0.717) is 6.54 Å². The lowest BCUT2D eigenvalue weighted by atomic mass is 10.1. The van der Waals surface area contributed by atoms with Crippen LogP contribution in [-0.2, 0) is 17.8 Å². The average Bonchev–Trinajstić information content (AvgIpc) is 2.25. The second-order valence-corrected chi connectivity index (χ2v) is 4.41. The second kappa shape index (κ2) is 5.12. The molecular formula is C13H19NO2. The number of hydrogen-bond acceptors (Lipinski definition) is 2. The van der Waals surface area contributed by atoms with Gasteiger partial charge in [0, 0.05) is 6.54 Å². The van der Waals surface area contributed by atoms with Gasteiger partial charge in [-0.3, -0.25) is 4.79 Å². The first-order valence-electron chi connectivity index (χ1n) is 5.52. The first-order valence-corrected chi connectivity index (χ1v) is 5.52. The van der Waals surface area contributed by atoms with E-state index >= 15 is 0 Å². The molecule has 0 aliphatic carbocycles. The molecule has 0 heterocycles. The zero-order valence-electron chi connectivity index (χ0n) is 10.1. The van der Waals surface area contributed by atoms with Crippen LogP contribution in [0.1, 0.15) is 31.9 Å². The summed E-state index contributed by atoms with van der Waals surface area (Å²) in [7, 11) is 0. The number of aliphatic hydroxyl groups is 1. The second-order valence-electron chi connectivity index (χ2n) is 4.41. The van der Waals surface area contributed by atoms with Crippen molar-refractivity contribution < 1.29 is 9.90 Å². The van der Waals surface area contributed by atoms with Crippen LogP contribution in [0, 0.1) is 0 Å². The standard InChI is InChI=1S/C13H19NO2/c1-4-10-5-7-11(8-6-10)9-14-12(15)13(2,3)16/h5-8,16H,4,9H2,1-3H3,(H,14,15). The third-order valence-corrected chi connectivity index (χ3v) is 2.44. The van der Waals surface area contributed by atoms with E-state index in [1.807, 2.05) is 24.3 Å². The van der Waals surface area contributed by atoms with Gasteiger partial charge in [0.25, 0.3) is 5.91 Å². The molecule has 16 heavy (non-hydrogen) atoms. The van der Waals surface area contributed by atoms with Crippen LogP contribution in [0.2, 0.25) is 0 Å². The minimum atomic E-state index is -1.32. The van der Waals surface area contributed by atoms with Gasteiger partial charge in [-0.05, 0) is 31.4 Å². The van der Waals surface area contributed by atoms with Crippen molar-refractivity contribution in [2.45, 2.75) is 39.3 Å². The molecule has 0 aromatic heterocycles. The summed E-state index contributed by atoms with van der Waals surface area (Å²) in [6, 6.07) is 8.07. The average molecular weight is 221 g/mol. The van der Waals surface area contributed by atoms with E-state index in [9.17, 15) is 9.90 Å². The summed E-state index contributed by atoms with van der Waals surface area (Å²) in [6.45, 7) is 5.50. The van der Waals surface area contributed by atoms with E-state index in [4.69, 9.17) is 0 Å². The topological polar surface area (TPSA) is 49.3 Å². The molecule has 0 aliphatic heterocycles. The summed E-state index contributed by atoms with van der Waals surface area (Å²) in [4.78, 5) is 11.4. The number of hydrogen-bond donors (Lipinski definition) is 2. The summed E-state index contributed by atoms with van der Waals surface area (Å²) in [5, 5.41) is 12.1. The van der Waals surface area contributed by atoms with Gasteiger partial charge in [-0.15, -0.1) is 0 Å². The molecule has 1 amide bonds. The number of benzene rings is 1. The van der Waals surface area contributed by atoms with Gasteiger partial charge in [0.1, 0.15) is 5.60 Å². The molecule has 3 nitrogen and oxygen atoms in total. The van der Waals surface area contributed by atoms with E-state index in [0.717, 1.165) is 12.0 Å². The Morgan fingerprint density at radius 2 is 1.75 bits per heavy atom. The number of amides is 1. The van der Waals surface area contributed by atoms with Crippen LogP contribution < -0.4 is 5.32 Å². The fourth-order valence-corrected chi connectivity index (χ4v) is 1.29. The molecule has 2 N–H and O–H groups in total. The van der Waals surface area contributed by atoms with Crippen molar-refractivity contribution in [3.05, 3.63) is 35.4 Å². The molecule has 0 fully saturated rings. The minimum absolute atomic E-state index is 0.355. The predicted octanol–water partition coefficient (Wildman–Crippen LogP) is 1.64. The Morgan fingerprint density at radius 1 is 1.25 bits per heavy atom. The number of aryl methyl sites for hydroxylation is 1. The van der Waals surface area contributed by atoms with E-state index in [1.54, 1.807) is 0 Å². The van der Waals surface area contributed by atoms with E-state index < -0.39 is 5.60 Å². The lowest BCUT2D eigenvalue weighted by molar-refractivity contribution is -0.136. The Morgan fingerprint density at radius 3 is 2.19 bits per heavy atom. The Kier molecular flexibility index (Phi) is 4.07. The van der Waals surface area contributed by atoms with Gasteiger partial charge in [-0.1, -0.05) is 31.2 Å². The molecule has 0 saturated carbocycles. The third-order valence-electron chi connectivity index (χ3n) is 2.44. The monoisotopic (exact) mass is 221 g/mol. The molecular weight excluding hydrogens is 202 g/mol. The molecule has 1 aromatic rings. The SMILES string of the molecule is CCc1ccc(CNC(=O)C(C)(C)O)cc1. The summed E-state index contributed by atoms with van der Waals surface area (Å²) >= 11 is 0.